The molecule has 0 aliphatic rings. The maximum absolute atomic E-state index is 9.37. The fourth-order valence-electron chi connectivity index (χ4n) is 1.10. The predicted octanol–water partition coefficient (Wildman–Crippen LogP) is 3.43. The van der Waals surface area contributed by atoms with Crippen molar-refractivity contribution in [3.8, 4) is 0 Å². The summed E-state index contributed by atoms with van der Waals surface area (Å²) in [5.41, 5.74) is 2.75. The van der Waals surface area contributed by atoms with Gasteiger partial charge in [-0.15, -0.1) is 0 Å². The van der Waals surface area contributed by atoms with Crippen LogP contribution in [0.15, 0.2) is 24.8 Å². The first kappa shape index (κ1) is 10.3. The highest BCUT2D eigenvalue weighted by Gasteiger charge is 2.04. The van der Waals surface area contributed by atoms with Gasteiger partial charge >= 0.3 is 0 Å². The highest BCUT2D eigenvalue weighted by atomic mass is 35.5. The van der Waals surface area contributed by atoms with Crippen molar-refractivity contribution in [1.29, 1.82) is 0 Å². The number of benzene rings is 1. The molecule has 0 aliphatic carbocycles. The molecule has 2 heteroatoms. The van der Waals surface area contributed by atoms with E-state index in [-0.39, 0.29) is 0 Å². The molecule has 70 valence electrons. The Morgan fingerprint density at radius 1 is 1.46 bits per heavy atom. The van der Waals surface area contributed by atoms with Crippen LogP contribution >= 0.6 is 11.6 Å². The van der Waals surface area contributed by atoms with E-state index in [9.17, 15) is 5.11 Å². The van der Waals surface area contributed by atoms with Gasteiger partial charge < -0.3 is 5.11 Å². The van der Waals surface area contributed by atoms with Crippen molar-refractivity contribution in [3.63, 3.8) is 0 Å². The van der Waals surface area contributed by atoms with E-state index < -0.39 is 6.10 Å². The molecule has 13 heavy (non-hydrogen) atoms. The van der Waals surface area contributed by atoms with E-state index in [0.717, 1.165) is 16.7 Å². The van der Waals surface area contributed by atoms with Crippen molar-refractivity contribution in [2.75, 3.05) is 0 Å². The van der Waals surface area contributed by atoms with Crippen molar-refractivity contribution in [1.82, 2.24) is 0 Å². The van der Waals surface area contributed by atoms with Crippen molar-refractivity contribution in [3.05, 3.63) is 40.9 Å². The summed E-state index contributed by atoms with van der Waals surface area (Å²) in [4.78, 5) is 0. The minimum absolute atomic E-state index is 0.489. The molecule has 0 fully saturated rings. The van der Waals surface area contributed by atoms with Gasteiger partial charge in [0.1, 0.15) is 0 Å². The predicted molar refractivity (Wildman–Crippen MR) is 56.8 cm³/mol. The van der Waals surface area contributed by atoms with Crippen LogP contribution in [0.5, 0.6) is 0 Å². The van der Waals surface area contributed by atoms with Gasteiger partial charge in [-0.05, 0) is 43.2 Å². The molecule has 1 N–H and O–H groups in total. The zero-order valence-corrected chi connectivity index (χ0v) is 8.60. The van der Waals surface area contributed by atoms with Gasteiger partial charge in [-0.3, -0.25) is 0 Å². The first-order valence-corrected chi connectivity index (χ1v) is 4.53. The number of halogens is 1. The number of aliphatic hydroxyl groups is 1. The molecule has 1 rings (SSSR count). The van der Waals surface area contributed by atoms with Crippen molar-refractivity contribution < 1.29 is 5.11 Å². The Morgan fingerprint density at radius 3 is 2.54 bits per heavy atom. The third-order valence-corrected chi connectivity index (χ3v) is 2.11. The molecule has 0 aliphatic heterocycles. The minimum Gasteiger partial charge on any atom is -0.389 e. The van der Waals surface area contributed by atoms with E-state index in [1.165, 1.54) is 0 Å². The van der Waals surface area contributed by atoms with Gasteiger partial charge in [0.25, 0.3) is 0 Å². The van der Waals surface area contributed by atoms with Crippen LogP contribution in [0.3, 0.4) is 0 Å². The van der Waals surface area contributed by atoms with Gasteiger partial charge in [-0.1, -0.05) is 23.8 Å². The van der Waals surface area contributed by atoms with E-state index in [0.29, 0.717) is 5.02 Å². The highest BCUT2D eigenvalue weighted by Crippen LogP contribution is 2.23. The maximum Gasteiger partial charge on any atom is 0.0762 e. The minimum atomic E-state index is -0.489. The molecule has 1 nitrogen and oxygen atoms in total. The van der Waals surface area contributed by atoms with Gasteiger partial charge in [0.05, 0.1) is 6.10 Å². The van der Waals surface area contributed by atoms with Crippen molar-refractivity contribution in [2.24, 2.45) is 0 Å². The van der Waals surface area contributed by atoms with Gasteiger partial charge in [-0.2, -0.15) is 0 Å². The molecule has 0 saturated carbocycles. The average Bonchev–Trinajstić information content (AvgIpc) is 2.03. The van der Waals surface area contributed by atoms with Gasteiger partial charge in [-0.25, -0.2) is 0 Å². The molecule has 0 saturated heterocycles. The van der Waals surface area contributed by atoms with Crippen LogP contribution < -0.4 is 0 Å². The fourth-order valence-corrected chi connectivity index (χ4v) is 1.34. The second-order valence-corrected chi connectivity index (χ2v) is 3.67. The normalized spacial score (nSPS) is 12.6. The Hall–Kier alpha value is -0.790. The lowest BCUT2D eigenvalue weighted by atomic mass is 10.0. The first-order chi connectivity index (χ1) is 6.00. The molecule has 0 spiro atoms. The molecule has 1 aromatic rings. The molecular formula is C11H13ClO. The Labute approximate surface area is 83.7 Å². The molecule has 1 aromatic carbocycles. The molecule has 1 unspecified atom stereocenters. The topological polar surface area (TPSA) is 20.2 Å². The largest absolute Gasteiger partial charge is 0.389 e. The summed E-state index contributed by atoms with van der Waals surface area (Å²) in [6.07, 6.45) is -0.489. The molecule has 0 aromatic heterocycles. The Bertz CT molecular complexity index is 329. The third kappa shape index (κ3) is 2.58. The summed E-state index contributed by atoms with van der Waals surface area (Å²) >= 11 is 5.89. The van der Waals surface area contributed by atoms with Crippen LogP contribution in [0.1, 0.15) is 31.1 Å². The third-order valence-electron chi connectivity index (χ3n) is 1.90. The zero-order valence-electron chi connectivity index (χ0n) is 7.84. The number of aliphatic hydroxyl groups excluding tert-OH is 1. The van der Waals surface area contributed by atoms with Gasteiger partial charge in [0.2, 0.25) is 0 Å². The number of allylic oxidation sites excluding steroid dienone is 1. The fraction of sp³-hybridized carbons (Fsp3) is 0.273. The molecular weight excluding hydrogens is 184 g/mol. The van der Waals surface area contributed by atoms with Crippen LogP contribution in [-0.2, 0) is 0 Å². The second kappa shape index (κ2) is 3.95. The SMILES string of the molecule is C=C(C)c1cc(Cl)cc(C(C)O)c1. The molecule has 1 atom stereocenters. The van der Waals surface area contributed by atoms with Gasteiger partial charge in [0, 0.05) is 5.02 Å². The second-order valence-electron chi connectivity index (χ2n) is 3.23. The Kier molecular flexibility index (Phi) is 3.12. The zero-order chi connectivity index (χ0) is 10.0. The van der Waals surface area contributed by atoms with Gasteiger partial charge in [0.15, 0.2) is 0 Å². The van der Waals surface area contributed by atoms with Crippen LogP contribution in [0.4, 0.5) is 0 Å². The summed E-state index contributed by atoms with van der Waals surface area (Å²) < 4.78 is 0. The van der Waals surface area contributed by atoms with E-state index in [4.69, 9.17) is 11.6 Å². The summed E-state index contributed by atoms with van der Waals surface area (Å²) in [6.45, 7) is 7.46. The highest BCUT2D eigenvalue weighted by molar-refractivity contribution is 6.30. The lowest BCUT2D eigenvalue weighted by Gasteiger charge is -2.08. The molecule has 0 bridgehead atoms. The first-order valence-electron chi connectivity index (χ1n) is 4.15. The standard InChI is InChI=1S/C11H13ClO/c1-7(2)9-4-10(8(3)13)6-11(12)5-9/h4-6,8,13H,1H2,2-3H3. The van der Waals surface area contributed by atoms with E-state index in [2.05, 4.69) is 6.58 Å². The van der Waals surface area contributed by atoms with E-state index in [1.54, 1.807) is 13.0 Å². The van der Waals surface area contributed by atoms with E-state index >= 15 is 0 Å². The summed E-state index contributed by atoms with van der Waals surface area (Å²) in [6, 6.07) is 5.51. The number of hydrogen-bond donors (Lipinski definition) is 1. The molecule has 0 radical (unpaired) electrons. The maximum atomic E-state index is 9.37. The summed E-state index contributed by atoms with van der Waals surface area (Å²) in [5, 5.41) is 10.0. The lowest BCUT2D eigenvalue weighted by molar-refractivity contribution is 0.199. The molecule has 0 amide bonds. The van der Waals surface area contributed by atoms with Crippen LogP contribution in [0.25, 0.3) is 5.57 Å². The number of rotatable bonds is 2. The Morgan fingerprint density at radius 2 is 2.08 bits per heavy atom. The van der Waals surface area contributed by atoms with Crippen LogP contribution in [0, 0.1) is 0 Å². The quantitative estimate of drug-likeness (QED) is 0.769. The van der Waals surface area contributed by atoms with Crippen LogP contribution in [-0.4, -0.2) is 5.11 Å². The Balaban J connectivity index is 3.19. The van der Waals surface area contributed by atoms with Crippen molar-refractivity contribution >= 4 is 17.2 Å². The molecule has 0 heterocycles. The summed E-state index contributed by atoms with van der Waals surface area (Å²) in [5.74, 6) is 0. The number of hydrogen-bond acceptors (Lipinski definition) is 1. The average molecular weight is 197 g/mol. The van der Waals surface area contributed by atoms with Crippen LogP contribution in [0.2, 0.25) is 5.02 Å². The summed E-state index contributed by atoms with van der Waals surface area (Å²) in [7, 11) is 0. The van der Waals surface area contributed by atoms with E-state index in [1.807, 2.05) is 19.1 Å². The van der Waals surface area contributed by atoms with Crippen molar-refractivity contribution in [2.45, 2.75) is 20.0 Å². The monoisotopic (exact) mass is 196 g/mol. The lowest BCUT2D eigenvalue weighted by Crippen LogP contribution is -1.92. The smallest absolute Gasteiger partial charge is 0.0762 e.